The van der Waals surface area contributed by atoms with Gasteiger partial charge in [0.05, 0.1) is 17.5 Å². The van der Waals surface area contributed by atoms with Crippen LogP contribution in [0.4, 0.5) is 16.5 Å². The molecule has 2 aromatic carbocycles. The Morgan fingerprint density at radius 3 is 2.59 bits per heavy atom. The fraction of sp³-hybridized carbons (Fsp3) is 0.286. The van der Waals surface area contributed by atoms with Gasteiger partial charge in [0.15, 0.2) is 4.34 Å². The smallest absolute Gasteiger partial charge is 0.240 e. The predicted octanol–water partition coefficient (Wildman–Crippen LogP) is 5.21. The van der Waals surface area contributed by atoms with Crippen LogP contribution in [0.2, 0.25) is 0 Å². The molecule has 0 saturated heterocycles. The van der Waals surface area contributed by atoms with E-state index in [4.69, 9.17) is 4.74 Å². The number of nitrogens with zero attached hydrogens (tertiary/aromatic N) is 3. The lowest BCUT2D eigenvalue weighted by Crippen LogP contribution is -2.36. The van der Waals surface area contributed by atoms with Gasteiger partial charge in [0, 0.05) is 12.2 Å². The average Bonchev–Trinajstić information content (AvgIpc) is 3.17. The molecule has 29 heavy (non-hydrogen) atoms. The maximum atomic E-state index is 12.9. The molecular weight excluding hydrogens is 404 g/mol. The van der Waals surface area contributed by atoms with Gasteiger partial charge in [-0.05, 0) is 45.0 Å². The molecule has 1 heterocycles. The van der Waals surface area contributed by atoms with E-state index in [0.29, 0.717) is 18.3 Å². The summed E-state index contributed by atoms with van der Waals surface area (Å²) >= 11 is 2.84. The van der Waals surface area contributed by atoms with E-state index in [1.807, 2.05) is 75.4 Å². The summed E-state index contributed by atoms with van der Waals surface area (Å²) in [6.07, 6.45) is 0. The first-order valence-corrected chi connectivity index (χ1v) is 11.2. The fourth-order valence-corrected chi connectivity index (χ4v) is 4.74. The third kappa shape index (κ3) is 5.48. The Morgan fingerprint density at radius 2 is 1.86 bits per heavy atom. The Kier molecular flexibility index (Phi) is 7.48. The summed E-state index contributed by atoms with van der Waals surface area (Å²) in [5.41, 5.74) is 1.74. The van der Waals surface area contributed by atoms with Crippen molar-refractivity contribution in [3.63, 3.8) is 0 Å². The van der Waals surface area contributed by atoms with Gasteiger partial charge in [-0.15, -0.1) is 10.2 Å². The van der Waals surface area contributed by atoms with E-state index in [-0.39, 0.29) is 11.2 Å². The van der Waals surface area contributed by atoms with Crippen molar-refractivity contribution in [1.82, 2.24) is 10.2 Å². The minimum atomic E-state index is -0.272. The number of hydrogen-bond acceptors (Lipinski definition) is 7. The molecule has 1 amide bonds. The Labute approximate surface area is 179 Å². The van der Waals surface area contributed by atoms with Gasteiger partial charge in [-0.2, -0.15) is 0 Å². The third-order valence-corrected chi connectivity index (χ3v) is 6.12. The summed E-state index contributed by atoms with van der Waals surface area (Å²) < 4.78 is 6.37. The van der Waals surface area contributed by atoms with Crippen LogP contribution in [0.15, 0.2) is 58.9 Å². The first-order chi connectivity index (χ1) is 14.1. The molecule has 8 heteroatoms. The maximum absolute atomic E-state index is 12.9. The first kappa shape index (κ1) is 21.1. The van der Waals surface area contributed by atoms with Crippen molar-refractivity contribution in [2.45, 2.75) is 30.4 Å². The number of benzene rings is 2. The van der Waals surface area contributed by atoms with Crippen molar-refractivity contribution in [1.29, 1.82) is 0 Å². The number of thioether (sulfide) groups is 1. The van der Waals surface area contributed by atoms with Gasteiger partial charge in [-0.3, -0.25) is 4.79 Å². The molecule has 3 aromatic rings. The molecule has 0 aliphatic carbocycles. The molecule has 0 bridgehead atoms. The van der Waals surface area contributed by atoms with Crippen LogP contribution in [-0.4, -0.2) is 34.5 Å². The number of amides is 1. The number of carbonyl (C=O) groups is 1. The van der Waals surface area contributed by atoms with Crippen molar-refractivity contribution in [3.8, 4) is 5.75 Å². The molecule has 1 N–H and O–H groups in total. The minimum Gasteiger partial charge on any atom is -0.492 e. The molecular formula is C21H24N4O2S2. The minimum absolute atomic E-state index is 0.0510. The normalized spacial score (nSPS) is 11.7. The van der Waals surface area contributed by atoms with Crippen molar-refractivity contribution in [2.24, 2.45) is 0 Å². The fourth-order valence-electron chi connectivity index (χ4n) is 2.77. The number of carbonyl (C=O) groups excluding carboxylic acids is 1. The molecule has 6 nitrogen and oxygen atoms in total. The lowest BCUT2D eigenvalue weighted by atomic mass is 10.2. The molecule has 0 spiro atoms. The summed E-state index contributed by atoms with van der Waals surface area (Å²) in [5, 5.41) is 12.1. The molecule has 0 fully saturated rings. The van der Waals surface area contributed by atoms with E-state index in [0.717, 1.165) is 21.5 Å². The van der Waals surface area contributed by atoms with Crippen LogP contribution in [0, 0.1) is 0 Å². The number of para-hydroxylation sites is 3. The van der Waals surface area contributed by atoms with Crippen LogP contribution < -0.4 is 15.0 Å². The Morgan fingerprint density at radius 1 is 1.14 bits per heavy atom. The second-order valence-electron chi connectivity index (χ2n) is 6.11. The number of anilines is 3. The number of nitrogens with one attached hydrogen (secondary N) is 1. The third-order valence-electron chi connectivity index (χ3n) is 4.11. The number of aromatic nitrogens is 2. The summed E-state index contributed by atoms with van der Waals surface area (Å²) in [5.74, 6) is 0.819. The quantitative estimate of drug-likeness (QED) is 0.472. The van der Waals surface area contributed by atoms with E-state index in [9.17, 15) is 4.79 Å². The Balaban J connectivity index is 1.66. The van der Waals surface area contributed by atoms with Crippen LogP contribution in [0.25, 0.3) is 0 Å². The van der Waals surface area contributed by atoms with E-state index >= 15 is 0 Å². The van der Waals surface area contributed by atoms with E-state index in [1.165, 1.54) is 23.1 Å². The molecule has 0 radical (unpaired) electrons. The van der Waals surface area contributed by atoms with Crippen LogP contribution in [0.3, 0.4) is 0 Å². The standard InChI is InChI=1S/C21H24N4O2S2/c1-4-25(16-11-7-6-8-12-16)19(26)15(3)28-21-24-23-20(29-21)22-17-13-9-10-14-18(17)27-5-2/h6-15H,4-5H2,1-3H3,(H,22,23). The van der Waals surface area contributed by atoms with Crippen LogP contribution in [-0.2, 0) is 4.79 Å². The highest BCUT2D eigenvalue weighted by Gasteiger charge is 2.23. The van der Waals surface area contributed by atoms with Gasteiger partial charge >= 0.3 is 0 Å². The number of rotatable bonds is 9. The molecule has 1 atom stereocenters. The van der Waals surface area contributed by atoms with E-state index in [1.54, 1.807) is 4.90 Å². The summed E-state index contributed by atoms with van der Waals surface area (Å²) in [6, 6.07) is 17.4. The maximum Gasteiger partial charge on any atom is 0.240 e. The number of ether oxygens (including phenoxy) is 1. The van der Waals surface area contributed by atoms with E-state index < -0.39 is 0 Å². The molecule has 0 aliphatic rings. The van der Waals surface area contributed by atoms with E-state index in [2.05, 4.69) is 15.5 Å². The number of hydrogen-bond donors (Lipinski definition) is 1. The zero-order chi connectivity index (χ0) is 20.6. The Bertz CT molecular complexity index is 933. The van der Waals surface area contributed by atoms with Gasteiger partial charge < -0.3 is 15.0 Å². The zero-order valence-corrected chi connectivity index (χ0v) is 18.3. The van der Waals surface area contributed by atoms with Crippen molar-refractivity contribution in [3.05, 3.63) is 54.6 Å². The summed E-state index contributed by atoms with van der Waals surface area (Å²) in [7, 11) is 0. The second-order valence-corrected chi connectivity index (χ2v) is 8.67. The SMILES string of the molecule is CCOc1ccccc1Nc1nnc(SC(C)C(=O)N(CC)c2ccccc2)s1. The molecule has 152 valence electrons. The molecule has 1 aromatic heterocycles. The van der Waals surface area contributed by atoms with Gasteiger partial charge in [0.1, 0.15) is 5.75 Å². The lowest BCUT2D eigenvalue weighted by Gasteiger charge is -2.23. The van der Waals surface area contributed by atoms with Crippen molar-refractivity contribution >= 4 is 45.5 Å². The highest BCUT2D eigenvalue weighted by atomic mass is 32.2. The highest BCUT2D eigenvalue weighted by molar-refractivity contribution is 8.02. The van der Waals surface area contributed by atoms with Crippen molar-refractivity contribution in [2.75, 3.05) is 23.4 Å². The lowest BCUT2D eigenvalue weighted by molar-refractivity contribution is -0.117. The highest BCUT2D eigenvalue weighted by Crippen LogP contribution is 2.33. The molecule has 0 saturated carbocycles. The zero-order valence-electron chi connectivity index (χ0n) is 16.7. The van der Waals surface area contributed by atoms with Crippen LogP contribution in [0.1, 0.15) is 20.8 Å². The monoisotopic (exact) mass is 428 g/mol. The van der Waals surface area contributed by atoms with Gasteiger partial charge in [0.2, 0.25) is 11.0 Å². The summed E-state index contributed by atoms with van der Waals surface area (Å²) in [6.45, 7) is 7.03. The molecule has 0 aliphatic heterocycles. The van der Waals surface area contributed by atoms with Crippen LogP contribution in [0.5, 0.6) is 5.75 Å². The predicted molar refractivity (Wildman–Crippen MR) is 121 cm³/mol. The Hall–Kier alpha value is -2.58. The summed E-state index contributed by atoms with van der Waals surface area (Å²) in [4.78, 5) is 14.7. The largest absolute Gasteiger partial charge is 0.492 e. The van der Waals surface area contributed by atoms with Crippen molar-refractivity contribution < 1.29 is 9.53 Å². The second kappa shape index (κ2) is 10.3. The average molecular weight is 429 g/mol. The van der Waals surface area contributed by atoms with Gasteiger partial charge in [-0.25, -0.2) is 0 Å². The first-order valence-electron chi connectivity index (χ1n) is 9.47. The molecule has 3 rings (SSSR count). The van der Waals surface area contributed by atoms with Crippen LogP contribution >= 0.6 is 23.1 Å². The van der Waals surface area contributed by atoms with Gasteiger partial charge in [-0.1, -0.05) is 53.4 Å². The topological polar surface area (TPSA) is 67.3 Å². The van der Waals surface area contributed by atoms with Gasteiger partial charge in [0.25, 0.3) is 0 Å². The molecule has 1 unspecified atom stereocenters.